The lowest BCUT2D eigenvalue weighted by Crippen LogP contribution is -2.39. The minimum atomic E-state index is -4.00. The molecule has 8 nitrogen and oxygen atoms in total. The summed E-state index contributed by atoms with van der Waals surface area (Å²) >= 11 is 0. The molecule has 0 heterocycles. The van der Waals surface area contributed by atoms with Gasteiger partial charge >= 0.3 is 0 Å². The maximum absolute atomic E-state index is 13.5. The van der Waals surface area contributed by atoms with Crippen molar-refractivity contribution in [3.63, 3.8) is 0 Å². The monoisotopic (exact) mass is 509 g/mol. The molecule has 36 heavy (non-hydrogen) atoms. The zero-order valence-electron chi connectivity index (χ0n) is 21.1. The number of hydrazone groups is 1. The van der Waals surface area contributed by atoms with E-state index in [9.17, 15) is 13.2 Å². The summed E-state index contributed by atoms with van der Waals surface area (Å²) in [4.78, 5) is 13.1. The minimum Gasteiger partial charge on any atom is -0.493 e. The Labute approximate surface area is 212 Å². The predicted molar refractivity (Wildman–Crippen MR) is 141 cm³/mol. The molecule has 190 valence electrons. The van der Waals surface area contributed by atoms with Gasteiger partial charge in [-0.25, -0.2) is 13.8 Å². The molecule has 9 heteroatoms. The van der Waals surface area contributed by atoms with E-state index in [2.05, 4.69) is 10.5 Å². The number of carbonyl (C=O) groups excluding carboxylic acids is 1. The van der Waals surface area contributed by atoms with Gasteiger partial charge in [-0.15, -0.1) is 0 Å². The van der Waals surface area contributed by atoms with Crippen LogP contribution >= 0.6 is 0 Å². The fourth-order valence-electron chi connectivity index (χ4n) is 3.57. The number of carbonyl (C=O) groups is 1. The molecule has 3 aromatic carbocycles. The zero-order valence-corrected chi connectivity index (χ0v) is 21.9. The van der Waals surface area contributed by atoms with Crippen LogP contribution in [-0.4, -0.2) is 40.8 Å². The summed E-state index contributed by atoms with van der Waals surface area (Å²) in [6.45, 7) is 5.30. The van der Waals surface area contributed by atoms with E-state index in [4.69, 9.17) is 9.47 Å². The number of methoxy groups -OCH3 is 2. The van der Waals surface area contributed by atoms with E-state index in [1.807, 2.05) is 32.9 Å². The lowest BCUT2D eigenvalue weighted by atomic mass is 10.1. The molecule has 3 aromatic rings. The first-order chi connectivity index (χ1) is 17.2. The van der Waals surface area contributed by atoms with Gasteiger partial charge in [-0.3, -0.25) is 9.10 Å². The molecule has 0 fully saturated rings. The fourth-order valence-corrected chi connectivity index (χ4v) is 5.01. The SMILES string of the molecule is CC/C(=N/NC(=O)CN(c1ccc(C)c(C)c1)S(=O)(=O)c1ccccc1)c1ccc(OC)c(OC)c1. The van der Waals surface area contributed by atoms with Crippen molar-refractivity contribution in [1.82, 2.24) is 5.43 Å². The number of nitrogens with one attached hydrogen (secondary N) is 1. The average molecular weight is 510 g/mol. The second-order valence-corrected chi connectivity index (χ2v) is 9.97. The van der Waals surface area contributed by atoms with Gasteiger partial charge in [0.1, 0.15) is 6.54 Å². The molecule has 1 amide bonds. The largest absolute Gasteiger partial charge is 0.493 e. The standard InChI is InChI=1S/C27H31N3O5S/c1-6-24(21-13-15-25(34-4)26(17-21)35-5)28-29-27(31)18-30(22-14-12-19(2)20(3)16-22)36(32,33)23-10-8-7-9-11-23/h7-17H,6,18H2,1-5H3,(H,29,31)/b28-24-. The van der Waals surface area contributed by atoms with Crippen LogP contribution in [0.2, 0.25) is 0 Å². The Kier molecular flexibility index (Phi) is 8.71. The quantitative estimate of drug-likeness (QED) is 0.322. The van der Waals surface area contributed by atoms with E-state index in [0.29, 0.717) is 29.3 Å². The van der Waals surface area contributed by atoms with Crippen LogP contribution in [0.25, 0.3) is 0 Å². The van der Waals surface area contributed by atoms with Crippen LogP contribution in [0.5, 0.6) is 11.5 Å². The van der Waals surface area contributed by atoms with Gasteiger partial charge in [0.2, 0.25) is 0 Å². The summed E-state index contributed by atoms with van der Waals surface area (Å²) in [5, 5.41) is 4.28. The van der Waals surface area contributed by atoms with Crippen LogP contribution < -0.4 is 19.2 Å². The highest BCUT2D eigenvalue weighted by Crippen LogP contribution is 2.28. The lowest BCUT2D eigenvalue weighted by molar-refractivity contribution is -0.119. The van der Waals surface area contributed by atoms with E-state index in [-0.39, 0.29) is 4.90 Å². The van der Waals surface area contributed by atoms with Crippen molar-refractivity contribution >= 4 is 27.3 Å². The molecule has 0 spiro atoms. The topological polar surface area (TPSA) is 97.3 Å². The molecule has 0 saturated carbocycles. The fraction of sp³-hybridized carbons (Fsp3) is 0.259. The second-order valence-electron chi connectivity index (χ2n) is 8.11. The number of rotatable bonds is 10. The Morgan fingerprint density at radius 3 is 2.22 bits per heavy atom. The Balaban J connectivity index is 1.90. The van der Waals surface area contributed by atoms with Gasteiger partial charge in [0.25, 0.3) is 15.9 Å². The Hall–Kier alpha value is -3.85. The van der Waals surface area contributed by atoms with Crippen LogP contribution in [0.1, 0.15) is 30.0 Å². The van der Waals surface area contributed by atoms with Crippen LogP contribution in [0.15, 0.2) is 76.7 Å². The third kappa shape index (κ3) is 6.04. The number of sulfonamides is 1. The summed E-state index contributed by atoms with van der Waals surface area (Å²) < 4.78 is 38.7. The van der Waals surface area contributed by atoms with Crippen molar-refractivity contribution in [3.05, 3.63) is 83.4 Å². The first kappa shape index (κ1) is 26.7. The molecule has 0 aliphatic carbocycles. The van der Waals surface area contributed by atoms with Crippen molar-refractivity contribution in [3.8, 4) is 11.5 Å². The van der Waals surface area contributed by atoms with Crippen molar-refractivity contribution in [2.24, 2.45) is 5.10 Å². The van der Waals surface area contributed by atoms with E-state index in [1.54, 1.807) is 56.7 Å². The molecule has 3 rings (SSSR count). The van der Waals surface area contributed by atoms with E-state index in [0.717, 1.165) is 21.0 Å². The molecule has 0 aromatic heterocycles. The first-order valence-electron chi connectivity index (χ1n) is 11.4. The first-order valence-corrected chi connectivity index (χ1v) is 12.9. The van der Waals surface area contributed by atoms with E-state index in [1.165, 1.54) is 12.1 Å². The van der Waals surface area contributed by atoms with Crippen LogP contribution in [-0.2, 0) is 14.8 Å². The summed E-state index contributed by atoms with van der Waals surface area (Å²) in [5.41, 5.74) is 6.21. The third-order valence-corrected chi connectivity index (χ3v) is 7.55. The number of anilines is 1. The Bertz CT molecular complexity index is 1360. The number of nitrogens with zero attached hydrogens (tertiary/aromatic N) is 2. The van der Waals surface area contributed by atoms with Crippen LogP contribution in [0, 0.1) is 13.8 Å². The van der Waals surface area contributed by atoms with Gasteiger partial charge in [-0.2, -0.15) is 5.10 Å². The maximum Gasteiger partial charge on any atom is 0.264 e. The molecule has 0 radical (unpaired) electrons. The van der Waals surface area contributed by atoms with Crippen molar-refractivity contribution < 1.29 is 22.7 Å². The highest BCUT2D eigenvalue weighted by Gasteiger charge is 2.27. The Morgan fingerprint density at radius 1 is 0.917 bits per heavy atom. The number of hydrogen-bond acceptors (Lipinski definition) is 6. The van der Waals surface area contributed by atoms with Gasteiger partial charge in [0, 0.05) is 5.56 Å². The minimum absolute atomic E-state index is 0.0964. The molecule has 0 aliphatic rings. The summed E-state index contributed by atoms with van der Waals surface area (Å²) in [6.07, 6.45) is 0.527. The van der Waals surface area contributed by atoms with Gasteiger partial charge in [0.05, 0.1) is 30.5 Å². The summed E-state index contributed by atoms with van der Waals surface area (Å²) in [7, 11) is -0.903. The molecular formula is C27H31N3O5S. The normalized spacial score (nSPS) is 11.6. The smallest absolute Gasteiger partial charge is 0.264 e. The van der Waals surface area contributed by atoms with Gasteiger partial charge in [-0.1, -0.05) is 31.2 Å². The number of amides is 1. The van der Waals surface area contributed by atoms with E-state index >= 15 is 0 Å². The zero-order chi connectivity index (χ0) is 26.3. The van der Waals surface area contributed by atoms with Gasteiger partial charge < -0.3 is 9.47 Å². The van der Waals surface area contributed by atoms with Gasteiger partial charge in [0.15, 0.2) is 11.5 Å². The maximum atomic E-state index is 13.5. The number of benzene rings is 3. The summed E-state index contributed by atoms with van der Waals surface area (Å²) in [5.74, 6) is 0.549. The van der Waals surface area contributed by atoms with Crippen molar-refractivity contribution in [1.29, 1.82) is 0 Å². The molecule has 0 saturated heterocycles. The Morgan fingerprint density at radius 2 is 1.61 bits per heavy atom. The van der Waals surface area contributed by atoms with Crippen molar-refractivity contribution in [2.45, 2.75) is 32.1 Å². The second kappa shape index (κ2) is 11.7. The number of aryl methyl sites for hydroxylation is 2. The van der Waals surface area contributed by atoms with E-state index < -0.39 is 22.5 Å². The number of ether oxygens (including phenoxy) is 2. The molecule has 1 N–H and O–H groups in total. The van der Waals surface area contributed by atoms with Crippen LogP contribution in [0.4, 0.5) is 5.69 Å². The third-order valence-electron chi connectivity index (χ3n) is 5.76. The summed E-state index contributed by atoms with van der Waals surface area (Å²) in [6, 6.07) is 18.7. The van der Waals surface area contributed by atoms with Gasteiger partial charge in [-0.05, 0) is 73.9 Å². The molecule has 0 unspecified atom stereocenters. The molecule has 0 atom stereocenters. The average Bonchev–Trinajstić information content (AvgIpc) is 2.89. The highest BCUT2D eigenvalue weighted by atomic mass is 32.2. The molecular weight excluding hydrogens is 478 g/mol. The number of hydrogen-bond donors (Lipinski definition) is 1. The highest BCUT2D eigenvalue weighted by molar-refractivity contribution is 7.92. The van der Waals surface area contributed by atoms with Crippen LogP contribution in [0.3, 0.4) is 0 Å². The molecule has 0 bridgehead atoms. The predicted octanol–water partition coefficient (Wildman–Crippen LogP) is 4.45. The van der Waals surface area contributed by atoms with Crippen molar-refractivity contribution in [2.75, 3.05) is 25.1 Å². The lowest BCUT2D eigenvalue weighted by Gasteiger charge is -2.24. The molecule has 0 aliphatic heterocycles.